The van der Waals surface area contributed by atoms with E-state index in [4.69, 9.17) is 42.6 Å². The summed E-state index contributed by atoms with van der Waals surface area (Å²) in [5.74, 6) is -14.5. The highest BCUT2D eigenvalue weighted by molar-refractivity contribution is 5.96. The molecule has 75 heavy (non-hydrogen) atoms. The van der Waals surface area contributed by atoms with Gasteiger partial charge in [-0.25, -0.2) is 0 Å². The van der Waals surface area contributed by atoms with Gasteiger partial charge in [-0.15, -0.1) is 0 Å². The number of hydrogen-bond acceptors (Lipinski definition) is 20. The van der Waals surface area contributed by atoms with Gasteiger partial charge in [0.1, 0.15) is 61.6 Å². The van der Waals surface area contributed by atoms with Crippen LogP contribution in [0.2, 0.25) is 0 Å². The van der Waals surface area contributed by atoms with Crippen LogP contribution in [-0.4, -0.2) is 163 Å². The van der Waals surface area contributed by atoms with Crippen molar-refractivity contribution in [2.45, 2.75) is 160 Å². The molecule has 7 unspecified atom stereocenters. The van der Waals surface area contributed by atoms with Gasteiger partial charge in [0.05, 0.1) is 0 Å². The molecule has 2 heterocycles. The highest BCUT2D eigenvalue weighted by Crippen LogP contribution is 2.65. The lowest BCUT2D eigenvalue weighted by atomic mass is 9.47. The van der Waals surface area contributed by atoms with Crippen LogP contribution in [0.15, 0.2) is 23.8 Å². The van der Waals surface area contributed by atoms with Crippen molar-refractivity contribution in [2.24, 2.45) is 28.6 Å². The number of aliphatic hydroxyl groups is 1. The highest BCUT2D eigenvalue weighted by Gasteiger charge is 2.68. The predicted octanol–water partition coefficient (Wildman–Crippen LogP) is 1.64. The first-order valence-electron chi connectivity index (χ1n) is 23.5. The largest absolute Gasteiger partial charge is 0.471 e. The maximum atomic E-state index is 14.5. The van der Waals surface area contributed by atoms with Crippen LogP contribution in [0.3, 0.4) is 0 Å². The third-order valence-corrected chi connectivity index (χ3v) is 14.7. The normalized spacial score (nSPS) is 36.3. The number of Topliss-reactive ketones (excluding diaryl/α,β-unsaturated/α-hetero) is 2. The first kappa shape index (κ1) is 58.4. The van der Waals surface area contributed by atoms with Crippen molar-refractivity contribution < 1.29 is 122 Å². The molecule has 16 atom stereocenters. The molecule has 416 valence electrons. The Balaban J connectivity index is 1.39. The van der Waals surface area contributed by atoms with Crippen molar-refractivity contribution in [1.29, 1.82) is 0 Å². The van der Waals surface area contributed by atoms with Crippen LogP contribution in [0.1, 0.15) is 80.6 Å². The van der Waals surface area contributed by atoms with Crippen LogP contribution in [0.25, 0.3) is 0 Å². The third-order valence-electron chi connectivity index (χ3n) is 14.7. The number of esters is 5. The number of carbonyl (C=O) groups is 10. The van der Waals surface area contributed by atoms with Gasteiger partial charge in [0.25, 0.3) is 0 Å². The minimum atomic E-state index is -5.73. The van der Waals surface area contributed by atoms with Crippen LogP contribution in [0.5, 0.6) is 0 Å². The maximum Gasteiger partial charge on any atom is 0.471 e. The average Bonchev–Trinajstić information content (AvgIpc) is 3.56. The van der Waals surface area contributed by atoms with Crippen LogP contribution in [0, 0.1) is 28.6 Å². The number of fused-ring (bicyclic) bond motifs is 5. The number of ketones is 3. The molecule has 0 bridgehead atoms. The zero-order valence-electron chi connectivity index (χ0n) is 41.4. The minimum absolute atomic E-state index is 0.119. The summed E-state index contributed by atoms with van der Waals surface area (Å²) < 4.78 is 134. The number of alkyl halides is 6. The molecule has 2 aliphatic heterocycles. The molecule has 0 radical (unpaired) electrons. The summed E-state index contributed by atoms with van der Waals surface area (Å²) in [6.45, 7) is 4.17. The molecule has 6 aliphatic rings. The van der Waals surface area contributed by atoms with Crippen molar-refractivity contribution >= 4 is 59.0 Å². The zero-order valence-corrected chi connectivity index (χ0v) is 41.4. The van der Waals surface area contributed by atoms with Gasteiger partial charge in [0, 0.05) is 64.2 Å². The molecule has 28 heteroatoms. The molecule has 4 aliphatic carbocycles. The second-order valence-corrected chi connectivity index (χ2v) is 19.7. The number of amides is 2. The standard InChI is InChI=1S/C47H56F6N2O20/c1-19(56)67-16-29-35(70-21(3)58)38(72-23(5)60)34(55-42(65)47(51,52)53)40(74-29)75-36-30(17-68-20(2)57)73-39(33(37(36)71-22(4)59)54-41(64)46(48,49)50)69-18-31(63)45(66)13-11-27-26-9-8-24-14-25(61)10-12-43(24,6)32(26)28(62)15-44(27,45)7/h8,10,12,26-27,29-30,32-40,66H,9,11,13-18H2,1-7H3,(H,54,64)(H,55,65)/t26?,27?,29?,30?,32?,33?,34?,35-,36-,37-,38-,39-,40+,43+,44+,45+/m1/s1. The molecule has 6 rings (SSSR count). The van der Waals surface area contributed by atoms with Gasteiger partial charge in [-0.3, -0.25) is 47.9 Å². The molecular formula is C47H56F6N2O20. The summed E-state index contributed by atoms with van der Waals surface area (Å²) in [6.07, 6.45) is -24.2. The van der Waals surface area contributed by atoms with Crippen molar-refractivity contribution in [3.05, 3.63) is 23.8 Å². The molecule has 0 aromatic rings. The SMILES string of the molecule is CC(=O)OCC1O[C@@H](O[C@@H]2C(COC(C)=O)O[C@@H](OCC(=O)[C@@]3(O)CCC4C5CC=C6CC(=O)C=C[C@]6(C)C5C(=O)C[C@@]43C)C(NC(=O)C(F)(F)F)[C@H]2OC(C)=O)C(NC(=O)C(F)(F)F)[C@@H](OC(C)=O)[C@@H]1OC(C)=O. The lowest BCUT2D eigenvalue weighted by Gasteiger charge is -2.56. The molecule has 2 saturated carbocycles. The Morgan fingerprint density at radius 3 is 1.73 bits per heavy atom. The predicted molar refractivity (Wildman–Crippen MR) is 231 cm³/mol. The van der Waals surface area contributed by atoms with Crippen molar-refractivity contribution in [3.8, 4) is 0 Å². The molecule has 2 saturated heterocycles. The van der Waals surface area contributed by atoms with Gasteiger partial charge in [-0.05, 0) is 37.2 Å². The second-order valence-electron chi connectivity index (χ2n) is 19.7. The van der Waals surface area contributed by atoms with E-state index in [1.54, 1.807) is 13.0 Å². The number of hydrogen-bond donors (Lipinski definition) is 3. The number of carbonyl (C=O) groups excluding carboxylic acids is 10. The van der Waals surface area contributed by atoms with Crippen molar-refractivity contribution in [3.63, 3.8) is 0 Å². The quantitative estimate of drug-likeness (QED) is 0.0909. The minimum Gasteiger partial charge on any atom is -0.463 e. The Morgan fingerprint density at radius 2 is 1.21 bits per heavy atom. The third kappa shape index (κ3) is 12.2. The average molecular weight is 1080 g/mol. The number of halogens is 6. The molecular weight excluding hydrogens is 1030 g/mol. The summed E-state index contributed by atoms with van der Waals surface area (Å²) in [5, 5.41) is 15.4. The number of allylic oxidation sites excluding steroid dienone is 4. The van der Waals surface area contributed by atoms with Crippen molar-refractivity contribution in [2.75, 3.05) is 19.8 Å². The van der Waals surface area contributed by atoms with E-state index >= 15 is 0 Å². The Kier molecular flexibility index (Phi) is 17.2. The van der Waals surface area contributed by atoms with E-state index in [1.165, 1.54) is 16.7 Å². The Hall–Kier alpha value is -5.84. The summed E-state index contributed by atoms with van der Waals surface area (Å²) >= 11 is 0. The molecule has 0 aromatic heterocycles. The van der Waals surface area contributed by atoms with Gasteiger partial charge in [0.15, 0.2) is 42.5 Å². The van der Waals surface area contributed by atoms with Gasteiger partial charge in [-0.2, -0.15) is 26.3 Å². The number of rotatable bonds is 15. The molecule has 4 fully saturated rings. The number of nitrogens with one attached hydrogen (secondary N) is 2. The van der Waals surface area contributed by atoms with Gasteiger partial charge in [-0.1, -0.05) is 31.6 Å². The monoisotopic (exact) mass is 1080 g/mol. The van der Waals surface area contributed by atoms with Gasteiger partial charge >= 0.3 is 54.0 Å². The van der Waals surface area contributed by atoms with E-state index in [1.807, 2.05) is 13.0 Å². The Bertz CT molecular complexity index is 2390. The molecule has 0 spiro atoms. The fourth-order valence-corrected chi connectivity index (χ4v) is 11.5. The smallest absolute Gasteiger partial charge is 0.463 e. The lowest BCUT2D eigenvalue weighted by molar-refractivity contribution is -0.334. The molecule has 0 aromatic carbocycles. The van der Waals surface area contributed by atoms with E-state index in [0.717, 1.165) is 33.3 Å². The summed E-state index contributed by atoms with van der Waals surface area (Å²) in [4.78, 5) is 128. The first-order valence-corrected chi connectivity index (χ1v) is 23.5. The van der Waals surface area contributed by atoms with Crippen molar-refractivity contribution in [1.82, 2.24) is 10.6 Å². The molecule has 22 nitrogen and oxygen atoms in total. The zero-order chi connectivity index (χ0) is 55.9. The molecule has 2 amide bonds. The Morgan fingerprint density at radius 1 is 0.720 bits per heavy atom. The van der Waals surface area contributed by atoms with E-state index in [0.29, 0.717) is 13.3 Å². The van der Waals surface area contributed by atoms with Crippen LogP contribution < -0.4 is 10.6 Å². The van der Waals surface area contributed by atoms with Gasteiger partial charge < -0.3 is 58.4 Å². The Labute approximate surface area is 423 Å². The van der Waals surface area contributed by atoms with E-state index in [2.05, 4.69) is 0 Å². The van der Waals surface area contributed by atoms with Gasteiger partial charge in [0.2, 0.25) is 0 Å². The fraction of sp³-hybridized carbons (Fsp3) is 0.702. The first-order chi connectivity index (χ1) is 34.7. The molecule has 3 N–H and O–H groups in total. The van der Waals surface area contributed by atoms with E-state index < -0.39 is 175 Å². The summed E-state index contributed by atoms with van der Waals surface area (Å²) in [7, 11) is 0. The van der Waals surface area contributed by atoms with Crippen LogP contribution in [0.4, 0.5) is 26.3 Å². The summed E-state index contributed by atoms with van der Waals surface area (Å²) in [6, 6.07) is -4.95. The summed E-state index contributed by atoms with van der Waals surface area (Å²) in [5.41, 5.74) is -3.85. The van der Waals surface area contributed by atoms with Crippen LogP contribution in [-0.2, 0) is 90.6 Å². The maximum absolute atomic E-state index is 14.5. The van der Waals surface area contributed by atoms with E-state index in [-0.39, 0.29) is 37.2 Å². The number of ether oxygens (including phenoxy) is 9. The lowest BCUT2D eigenvalue weighted by Crippen LogP contribution is -2.71. The van der Waals surface area contributed by atoms with Crippen LogP contribution >= 0.6 is 0 Å². The second kappa shape index (κ2) is 22.0. The fourth-order valence-electron chi connectivity index (χ4n) is 11.5. The highest BCUT2D eigenvalue weighted by atomic mass is 19.4. The van der Waals surface area contributed by atoms with E-state index in [9.17, 15) is 79.4 Å². The topological polar surface area (TPSA) is 298 Å².